The van der Waals surface area contributed by atoms with Gasteiger partial charge in [-0.2, -0.15) is 0 Å². The van der Waals surface area contributed by atoms with E-state index in [1.54, 1.807) is 6.07 Å². The van der Waals surface area contributed by atoms with E-state index in [2.05, 4.69) is 44.4 Å². The van der Waals surface area contributed by atoms with Crippen molar-refractivity contribution in [1.82, 2.24) is 10.3 Å². The summed E-state index contributed by atoms with van der Waals surface area (Å²) >= 11 is 3.70. The van der Waals surface area contributed by atoms with Crippen LogP contribution in [-0.4, -0.2) is 43.0 Å². The molecule has 3 heterocycles. The van der Waals surface area contributed by atoms with Crippen LogP contribution in [0.3, 0.4) is 0 Å². The fourth-order valence-electron chi connectivity index (χ4n) is 5.80. The Kier molecular flexibility index (Phi) is 6.17. The molecule has 31 heavy (non-hydrogen) atoms. The van der Waals surface area contributed by atoms with Crippen molar-refractivity contribution in [2.45, 2.75) is 62.0 Å². The van der Waals surface area contributed by atoms with Gasteiger partial charge in [-0.15, -0.1) is 0 Å². The van der Waals surface area contributed by atoms with Crippen molar-refractivity contribution in [2.24, 2.45) is 0 Å². The molecule has 0 bridgehead atoms. The Hall–Kier alpha value is -1.34. The number of nitrogens with one attached hydrogen (secondary N) is 1. The largest absolute Gasteiger partial charge is 0.381 e. The summed E-state index contributed by atoms with van der Waals surface area (Å²) in [5.74, 6) is -0.279. The first-order chi connectivity index (χ1) is 15.1. The van der Waals surface area contributed by atoms with Crippen molar-refractivity contribution in [3.63, 3.8) is 0 Å². The van der Waals surface area contributed by atoms with Gasteiger partial charge in [0, 0.05) is 41.4 Å². The summed E-state index contributed by atoms with van der Waals surface area (Å²) in [7, 11) is 0. The van der Waals surface area contributed by atoms with Crippen LogP contribution in [0.1, 0.15) is 48.9 Å². The minimum absolute atomic E-state index is 0.0949. The number of benzene rings is 1. The van der Waals surface area contributed by atoms with Crippen molar-refractivity contribution >= 4 is 15.9 Å². The van der Waals surface area contributed by atoms with Crippen LogP contribution in [0.25, 0.3) is 0 Å². The number of hydrogen-bond donors (Lipinski definition) is 1. The van der Waals surface area contributed by atoms with Crippen LogP contribution in [0.5, 0.6) is 0 Å². The van der Waals surface area contributed by atoms with E-state index < -0.39 is 0 Å². The monoisotopic (exact) mass is 488 g/mol. The summed E-state index contributed by atoms with van der Waals surface area (Å²) in [6.07, 6.45) is 8.18. The van der Waals surface area contributed by atoms with Crippen molar-refractivity contribution < 1.29 is 13.9 Å². The zero-order valence-corrected chi connectivity index (χ0v) is 19.4. The summed E-state index contributed by atoms with van der Waals surface area (Å²) in [4.78, 5) is 4.55. The zero-order chi connectivity index (χ0) is 21.3. The third-order valence-electron chi connectivity index (χ3n) is 7.49. The molecule has 5 rings (SSSR count). The molecule has 2 fully saturated rings. The van der Waals surface area contributed by atoms with E-state index in [9.17, 15) is 4.39 Å². The number of halogens is 2. The van der Waals surface area contributed by atoms with E-state index in [0.29, 0.717) is 6.04 Å². The van der Waals surface area contributed by atoms with Gasteiger partial charge >= 0.3 is 0 Å². The Morgan fingerprint density at radius 2 is 1.97 bits per heavy atom. The Balaban J connectivity index is 1.31. The summed E-state index contributed by atoms with van der Waals surface area (Å²) in [5, 5.41) is 3.81. The molecule has 4 nitrogen and oxygen atoms in total. The van der Waals surface area contributed by atoms with Crippen LogP contribution in [-0.2, 0) is 27.7 Å². The molecule has 0 amide bonds. The number of rotatable bonds is 5. The van der Waals surface area contributed by atoms with Crippen LogP contribution in [0, 0.1) is 5.82 Å². The maximum atomic E-state index is 13.6. The van der Waals surface area contributed by atoms with Gasteiger partial charge < -0.3 is 14.8 Å². The van der Waals surface area contributed by atoms with Crippen LogP contribution in [0.2, 0.25) is 0 Å². The molecule has 1 unspecified atom stereocenters. The van der Waals surface area contributed by atoms with Crippen molar-refractivity contribution in [1.29, 1.82) is 0 Å². The molecule has 2 aliphatic heterocycles. The lowest BCUT2D eigenvalue weighted by Gasteiger charge is -2.49. The molecule has 1 N–H and O–H groups in total. The van der Waals surface area contributed by atoms with Crippen molar-refractivity contribution in [3.05, 3.63) is 63.6 Å². The van der Waals surface area contributed by atoms with E-state index >= 15 is 0 Å². The third kappa shape index (κ3) is 4.45. The Morgan fingerprint density at radius 1 is 1.10 bits per heavy atom. The normalized spacial score (nSPS) is 27.4. The molecule has 1 spiro atoms. The molecule has 2 saturated heterocycles. The lowest BCUT2D eigenvalue weighted by molar-refractivity contribution is -0.154. The first-order valence-corrected chi connectivity index (χ1v) is 12.2. The van der Waals surface area contributed by atoms with Crippen molar-refractivity contribution in [3.8, 4) is 0 Å². The summed E-state index contributed by atoms with van der Waals surface area (Å²) in [5.41, 5.74) is 3.64. The van der Waals surface area contributed by atoms with E-state index in [1.807, 2.05) is 6.07 Å². The van der Waals surface area contributed by atoms with E-state index in [4.69, 9.17) is 9.47 Å². The molecule has 1 aliphatic carbocycles. The first kappa shape index (κ1) is 21.5. The molecule has 3 aliphatic rings. The molecule has 0 saturated carbocycles. The van der Waals surface area contributed by atoms with Crippen LogP contribution in [0.15, 0.2) is 41.0 Å². The number of pyridine rings is 1. The Morgan fingerprint density at radius 3 is 2.74 bits per heavy atom. The van der Waals surface area contributed by atoms with E-state index in [0.717, 1.165) is 77.0 Å². The van der Waals surface area contributed by atoms with Crippen LogP contribution in [0.4, 0.5) is 4.39 Å². The van der Waals surface area contributed by atoms with Gasteiger partial charge in [-0.3, -0.25) is 4.98 Å². The van der Waals surface area contributed by atoms with E-state index in [-0.39, 0.29) is 16.8 Å². The molecular weight excluding hydrogens is 459 g/mol. The number of hydrogen-bond acceptors (Lipinski definition) is 4. The fourth-order valence-corrected chi connectivity index (χ4v) is 6.37. The third-order valence-corrected chi connectivity index (χ3v) is 8.24. The second-order valence-electron chi connectivity index (χ2n) is 9.40. The molecule has 166 valence electrons. The second kappa shape index (κ2) is 8.89. The molecular formula is C25H30BrFN2O2. The van der Waals surface area contributed by atoms with Crippen molar-refractivity contribution in [2.75, 3.05) is 26.4 Å². The van der Waals surface area contributed by atoms with Gasteiger partial charge in [-0.1, -0.05) is 28.1 Å². The predicted octanol–water partition coefficient (Wildman–Crippen LogP) is 4.73. The van der Waals surface area contributed by atoms with E-state index in [1.165, 1.54) is 21.8 Å². The minimum Gasteiger partial charge on any atom is -0.381 e. The lowest BCUT2D eigenvalue weighted by Crippen LogP contribution is -2.51. The summed E-state index contributed by atoms with van der Waals surface area (Å²) in [6.45, 7) is 3.14. The topological polar surface area (TPSA) is 43.4 Å². The molecule has 6 heteroatoms. The van der Waals surface area contributed by atoms with Gasteiger partial charge in [0.1, 0.15) is 5.82 Å². The average Bonchev–Trinajstić information content (AvgIpc) is 3.19. The summed E-state index contributed by atoms with van der Waals surface area (Å²) in [6, 6.07) is 10.4. The molecule has 0 radical (unpaired) electrons. The highest BCUT2D eigenvalue weighted by atomic mass is 79.9. The number of nitrogens with zero attached hydrogens (tertiary/aromatic N) is 1. The highest BCUT2D eigenvalue weighted by molar-refractivity contribution is 9.10. The summed E-state index contributed by atoms with van der Waals surface area (Å²) < 4.78 is 26.8. The molecule has 2 atom stereocenters. The average molecular weight is 489 g/mol. The lowest BCUT2D eigenvalue weighted by atomic mass is 9.66. The molecule has 2 aromatic rings. The number of ether oxygens (including phenoxy) is 2. The van der Waals surface area contributed by atoms with Crippen LogP contribution < -0.4 is 5.32 Å². The first-order valence-electron chi connectivity index (χ1n) is 11.4. The number of fused-ring (bicyclic) bond motifs is 1. The minimum atomic E-state index is -0.279. The Bertz CT molecular complexity index is 911. The quantitative estimate of drug-likeness (QED) is 0.660. The highest BCUT2D eigenvalue weighted by Crippen LogP contribution is 2.47. The number of aromatic nitrogens is 1. The molecule has 1 aromatic carbocycles. The van der Waals surface area contributed by atoms with Gasteiger partial charge in [0.25, 0.3) is 0 Å². The van der Waals surface area contributed by atoms with Gasteiger partial charge in [-0.25, -0.2) is 4.39 Å². The fraction of sp³-hybridized carbons (Fsp3) is 0.560. The predicted molar refractivity (Wildman–Crippen MR) is 122 cm³/mol. The maximum Gasteiger partial charge on any atom is 0.141 e. The Labute approximate surface area is 192 Å². The maximum absolute atomic E-state index is 13.6. The van der Waals surface area contributed by atoms with Crippen LogP contribution >= 0.6 is 15.9 Å². The SMILES string of the molecule is Fc1ccc([C@]2(CCNC3Cc4cccc(Br)c4C3)CCOC3(CCOCC3)C2)nc1. The standard InChI is InChI=1S/C25H30BrFN2O2/c26-22-3-1-2-18-14-20(15-21(18)22)28-10-6-24(23-5-4-19(27)16-29-23)7-13-31-25(17-24)8-11-30-12-9-25/h1-5,16,20,28H,6-15,17H2/t20?,24-/m1/s1. The van der Waals surface area contributed by atoms with Gasteiger partial charge in [0.2, 0.25) is 0 Å². The molecule has 1 aromatic heterocycles. The van der Waals surface area contributed by atoms with Gasteiger partial charge in [0.05, 0.1) is 11.8 Å². The smallest absolute Gasteiger partial charge is 0.141 e. The zero-order valence-electron chi connectivity index (χ0n) is 17.8. The van der Waals surface area contributed by atoms with Gasteiger partial charge in [-0.05, 0) is 80.8 Å². The second-order valence-corrected chi connectivity index (χ2v) is 10.3. The highest BCUT2D eigenvalue weighted by Gasteiger charge is 2.48. The van der Waals surface area contributed by atoms with Gasteiger partial charge in [0.15, 0.2) is 0 Å².